The van der Waals surface area contributed by atoms with E-state index in [2.05, 4.69) is 32.0 Å². The smallest absolute Gasteiger partial charge is 0.239 e. The Kier molecular flexibility index (Phi) is 3.44. The van der Waals surface area contributed by atoms with Crippen molar-refractivity contribution in [1.29, 1.82) is 0 Å². The number of hydrazine groups is 2. The largest absolute Gasteiger partial charge is 0.353 e. The van der Waals surface area contributed by atoms with Crippen molar-refractivity contribution in [1.82, 2.24) is 36.7 Å². The van der Waals surface area contributed by atoms with Gasteiger partial charge in [-0.05, 0) is 6.92 Å². The number of rotatable bonds is 4. The Hall–Kier alpha value is -1.51. The molecular weight excluding hydrogens is 210 g/mol. The highest BCUT2D eigenvalue weighted by atomic mass is 16.2. The van der Waals surface area contributed by atoms with Crippen molar-refractivity contribution in [2.45, 2.75) is 19.5 Å². The van der Waals surface area contributed by atoms with E-state index in [0.717, 1.165) is 5.69 Å². The monoisotopic (exact) mass is 225 g/mol. The van der Waals surface area contributed by atoms with E-state index in [1.165, 1.54) is 0 Å². The highest BCUT2D eigenvalue weighted by Gasteiger charge is 2.20. The summed E-state index contributed by atoms with van der Waals surface area (Å²) in [4.78, 5) is 11.5. The van der Waals surface area contributed by atoms with Crippen molar-refractivity contribution in [2.24, 2.45) is 0 Å². The van der Waals surface area contributed by atoms with Crippen LogP contribution >= 0.6 is 0 Å². The van der Waals surface area contributed by atoms with Gasteiger partial charge in [0.05, 0.1) is 12.2 Å². The van der Waals surface area contributed by atoms with Crippen LogP contribution in [0.25, 0.3) is 0 Å². The lowest BCUT2D eigenvalue weighted by atomic mass is 10.3. The number of aromatic nitrogens is 3. The van der Waals surface area contributed by atoms with Crippen LogP contribution in [0.1, 0.15) is 5.69 Å². The van der Waals surface area contributed by atoms with Crippen LogP contribution in [0.15, 0.2) is 6.20 Å². The number of aryl methyl sites for hydroxylation is 1. The molecular formula is C8H15N7O. The van der Waals surface area contributed by atoms with Crippen molar-refractivity contribution in [3.8, 4) is 0 Å². The minimum atomic E-state index is -0.225. The maximum absolute atomic E-state index is 11.5. The zero-order valence-corrected chi connectivity index (χ0v) is 9.03. The van der Waals surface area contributed by atoms with Gasteiger partial charge < -0.3 is 5.32 Å². The quantitative estimate of drug-likeness (QED) is 0.459. The van der Waals surface area contributed by atoms with Gasteiger partial charge in [-0.15, -0.1) is 5.10 Å². The summed E-state index contributed by atoms with van der Waals surface area (Å²) in [6.07, 6.45) is 1.84. The minimum Gasteiger partial charge on any atom is -0.353 e. The lowest BCUT2D eigenvalue weighted by molar-refractivity contribution is -0.122. The van der Waals surface area contributed by atoms with Gasteiger partial charge in [0.15, 0.2) is 0 Å². The van der Waals surface area contributed by atoms with Gasteiger partial charge in [-0.2, -0.15) is 5.53 Å². The first-order valence-electron chi connectivity index (χ1n) is 5.13. The fourth-order valence-corrected chi connectivity index (χ4v) is 1.42. The average molecular weight is 225 g/mol. The van der Waals surface area contributed by atoms with Crippen molar-refractivity contribution in [3.63, 3.8) is 0 Å². The van der Waals surface area contributed by atoms with Gasteiger partial charge in [0.25, 0.3) is 0 Å². The number of hydrogen-bond acceptors (Lipinski definition) is 6. The predicted octanol–water partition coefficient (Wildman–Crippen LogP) is -2.32. The Bertz CT molecular complexity index is 357. The minimum absolute atomic E-state index is 0.0330. The highest BCUT2D eigenvalue weighted by Crippen LogP contribution is 1.89. The highest BCUT2D eigenvalue weighted by molar-refractivity contribution is 5.82. The third-order valence-corrected chi connectivity index (χ3v) is 2.25. The lowest BCUT2D eigenvalue weighted by Gasteiger charge is -2.09. The fraction of sp³-hybridized carbons (Fsp3) is 0.625. The molecule has 1 aliphatic rings. The van der Waals surface area contributed by atoms with Crippen LogP contribution in [0, 0.1) is 6.92 Å². The molecule has 16 heavy (non-hydrogen) atoms. The van der Waals surface area contributed by atoms with Gasteiger partial charge in [0.1, 0.15) is 6.04 Å². The molecule has 0 radical (unpaired) electrons. The van der Waals surface area contributed by atoms with E-state index in [1.54, 1.807) is 4.68 Å². The van der Waals surface area contributed by atoms with Crippen molar-refractivity contribution < 1.29 is 4.79 Å². The van der Waals surface area contributed by atoms with Crippen molar-refractivity contribution in [2.75, 3.05) is 13.1 Å². The fourth-order valence-electron chi connectivity index (χ4n) is 1.42. The molecule has 8 heteroatoms. The topological polar surface area (TPSA) is 95.9 Å². The molecule has 1 atom stereocenters. The van der Waals surface area contributed by atoms with Crippen LogP contribution in [0.5, 0.6) is 0 Å². The zero-order chi connectivity index (χ0) is 11.4. The van der Waals surface area contributed by atoms with Crippen LogP contribution in [0.4, 0.5) is 0 Å². The molecule has 2 rings (SSSR count). The van der Waals surface area contributed by atoms with E-state index in [4.69, 9.17) is 0 Å². The first-order valence-corrected chi connectivity index (χ1v) is 5.13. The standard InChI is InChI=1S/C8H15N7O/c1-6-5-15(14-11-6)3-2-9-8(16)7-4-10-13-12-7/h5,7,10,12-13H,2-4H2,1H3,(H,9,16). The normalized spacial score (nSPS) is 19.9. The van der Waals surface area contributed by atoms with E-state index in [1.807, 2.05) is 13.1 Å². The first-order chi connectivity index (χ1) is 7.75. The molecule has 1 saturated heterocycles. The molecule has 2 heterocycles. The Morgan fingerprint density at radius 2 is 2.62 bits per heavy atom. The molecule has 1 amide bonds. The zero-order valence-electron chi connectivity index (χ0n) is 9.03. The number of amides is 1. The molecule has 1 aliphatic heterocycles. The molecule has 0 bridgehead atoms. The third kappa shape index (κ3) is 2.75. The Morgan fingerprint density at radius 3 is 3.25 bits per heavy atom. The van der Waals surface area contributed by atoms with Gasteiger partial charge in [0, 0.05) is 19.3 Å². The van der Waals surface area contributed by atoms with Crippen molar-refractivity contribution in [3.05, 3.63) is 11.9 Å². The molecule has 1 unspecified atom stereocenters. The van der Waals surface area contributed by atoms with E-state index in [0.29, 0.717) is 19.6 Å². The molecule has 0 spiro atoms. The molecule has 1 fully saturated rings. The van der Waals surface area contributed by atoms with Crippen LogP contribution in [0.2, 0.25) is 0 Å². The number of nitrogens with one attached hydrogen (secondary N) is 4. The summed E-state index contributed by atoms with van der Waals surface area (Å²) in [6, 6.07) is -0.225. The van der Waals surface area contributed by atoms with Crippen LogP contribution in [-0.4, -0.2) is 40.0 Å². The van der Waals surface area contributed by atoms with Gasteiger partial charge in [0.2, 0.25) is 5.91 Å². The number of carbonyl (C=O) groups excluding carboxylic acids is 1. The van der Waals surface area contributed by atoms with E-state index in [9.17, 15) is 4.79 Å². The van der Waals surface area contributed by atoms with Gasteiger partial charge in [-0.1, -0.05) is 5.21 Å². The van der Waals surface area contributed by atoms with Crippen LogP contribution in [0.3, 0.4) is 0 Å². The summed E-state index contributed by atoms with van der Waals surface area (Å²) in [5.41, 5.74) is 9.17. The summed E-state index contributed by atoms with van der Waals surface area (Å²) >= 11 is 0. The Labute approximate surface area is 92.7 Å². The predicted molar refractivity (Wildman–Crippen MR) is 55.8 cm³/mol. The first kappa shape index (κ1) is 11.0. The van der Waals surface area contributed by atoms with E-state index >= 15 is 0 Å². The second-order valence-electron chi connectivity index (χ2n) is 3.62. The molecule has 8 nitrogen and oxygen atoms in total. The SMILES string of the molecule is Cc1cn(CCNC(=O)C2CNNN2)nn1. The Morgan fingerprint density at radius 1 is 1.75 bits per heavy atom. The lowest BCUT2D eigenvalue weighted by Crippen LogP contribution is -2.45. The molecule has 0 aliphatic carbocycles. The number of nitrogens with zero attached hydrogens (tertiary/aromatic N) is 3. The van der Waals surface area contributed by atoms with E-state index < -0.39 is 0 Å². The van der Waals surface area contributed by atoms with Crippen molar-refractivity contribution >= 4 is 5.91 Å². The second-order valence-corrected chi connectivity index (χ2v) is 3.62. The van der Waals surface area contributed by atoms with E-state index in [-0.39, 0.29) is 11.9 Å². The number of hydrogen-bond donors (Lipinski definition) is 4. The van der Waals surface area contributed by atoms with Crippen LogP contribution < -0.4 is 21.7 Å². The molecule has 1 aromatic rings. The molecule has 0 aromatic carbocycles. The number of carbonyl (C=O) groups is 1. The maximum Gasteiger partial charge on any atom is 0.239 e. The van der Waals surface area contributed by atoms with Gasteiger partial charge in [-0.25, -0.2) is 10.9 Å². The summed E-state index contributed by atoms with van der Waals surface area (Å²) in [5.74, 6) is -0.0330. The third-order valence-electron chi connectivity index (χ3n) is 2.25. The van der Waals surface area contributed by atoms with Gasteiger partial charge in [-0.3, -0.25) is 9.48 Å². The molecule has 4 N–H and O–H groups in total. The molecule has 0 saturated carbocycles. The molecule has 88 valence electrons. The van der Waals surface area contributed by atoms with Gasteiger partial charge >= 0.3 is 0 Å². The summed E-state index contributed by atoms with van der Waals surface area (Å²) < 4.78 is 1.70. The summed E-state index contributed by atoms with van der Waals surface area (Å²) in [6.45, 7) is 3.62. The molecule has 1 aromatic heterocycles. The van der Waals surface area contributed by atoms with Crippen LogP contribution in [-0.2, 0) is 11.3 Å². The maximum atomic E-state index is 11.5. The average Bonchev–Trinajstić information content (AvgIpc) is 2.89. The Balaban J connectivity index is 1.69. The summed E-state index contributed by atoms with van der Waals surface area (Å²) in [5, 5.41) is 10.6. The summed E-state index contributed by atoms with van der Waals surface area (Å²) in [7, 11) is 0. The second kappa shape index (κ2) is 5.01.